The molecule has 0 heterocycles. The van der Waals surface area contributed by atoms with Crippen molar-refractivity contribution >= 4 is 0 Å². The van der Waals surface area contributed by atoms with E-state index in [1.165, 1.54) is 25.7 Å². The van der Waals surface area contributed by atoms with Crippen LogP contribution in [0.2, 0.25) is 0 Å². The molecule has 18 heavy (non-hydrogen) atoms. The van der Waals surface area contributed by atoms with Gasteiger partial charge in [-0.2, -0.15) is 0 Å². The number of fused-ring (bicyclic) bond motifs is 8. The van der Waals surface area contributed by atoms with Crippen LogP contribution in [0.1, 0.15) is 53.4 Å². The van der Waals surface area contributed by atoms with Crippen LogP contribution in [0.5, 0.6) is 0 Å². The van der Waals surface area contributed by atoms with Crippen LogP contribution >= 0.6 is 0 Å². The summed E-state index contributed by atoms with van der Waals surface area (Å²) in [6, 6.07) is 0. The maximum Gasteiger partial charge on any atom is -0.01000 e. The van der Waals surface area contributed by atoms with Crippen LogP contribution in [-0.2, 0) is 0 Å². The Kier molecular flexibility index (Phi) is 2.22. The highest BCUT2D eigenvalue weighted by molar-refractivity contribution is 5.45. The molecule has 0 aromatic rings. The Hall–Kier alpha value is -0.520. The second kappa shape index (κ2) is 3.52. The minimum Gasteiger partial charge on any atom is -0.0766 e. The highest BCUT2D eigenvalue weighted by Crippen LogP contribution is 2.69. The molecule has 0 N–H and O–H groups in total. The van der Waals surface area contributed by atoms with Crippen molar-refractivity contribution in [2.75, 3.05) is 0 Å². The number of allylic oxidation sites excluding steroid dienone is 4. The third-order valence-electron chi connectivity index (χ3n) is 6.43. The average Bonchev–Trinajstić information content (AvgIpc) is 3.04. The van der Waals surface area contributed by atoms with Gasteiger partial charge in [-0.05, 0) is 75.0 Å². The fourth-order valence-electron chi connectivity index (χ4n) is 6.19. The van der Waals surface area contributed by atoms with Gasteiger partial charge in [-0.3, -0.25) is 0 Å². The summed E-state index contributed by atoms with van der Waals surface area (Å²) in [6.07, 6.45) is 5.95. The molecule has 4 bridgehead atoms. The van der Waals surface area contributed by atoms with Crippen LogP contribution in [0.25, 0.3) is 0 Å². The molecule has 5 unspecified atom stereocenters. The molecule has 0 spiro atoms. The van der Waals surface area contributed by atoms with Gasteiger partial charge < -0.3 is 0 Å². The van der Waals surface area contributed by atoms with E-state index in [4.69, 9.17) is 0 Å². The van der Waals surface area contributed by atoms with Crippen molar-refractivity contribution < 1.29 is 0 Å². The largest absolute Gasteiger partial charge is 0.0766 e. The molecule has 0 radical (unpaired) electrons. The van der Waals surface area contributed by atoms with E-state index in [1.54, 1.807) is 5.57 Å². The van der Waals surface area contributed by atoms with E-state index in [0.717, 1.165) is 35.5 Å². The molecule has 0 nitrogen and oxygen atoms in total. The minimum absolute atomic E-state index is 0.832. The topological polar surface area (TPSA) is 0 Å². The first-order chi connectivity index (χ1) is 8.59. The molecule has 98 valence electrons. The van der Waals surface area contributed by atoms with E-state index in [9.17, 15) is 0 Å². The Bertz CT molecular complexity index is 458. The Morgan fingerprint density at radius 1 is 1.17 bits per heavy atom. The molecule has 0 heteroatoms. The molecule has 5 atom stereocenters. The van der Waals surface area contributed by atoms with Gasteiger partial charge in [-0.25, -0.2) is 0 Å². The van der Waals surface area contributed by atoms with Gasteiger partial charge in [0.2, 0.25) is 0 Å². The van der Waals surface area contributed by atoms with Gasteiger partial charge in [-0.1, -0.05) is 36.1 Å². The first kappa shape index (κ1) is 11.3. The van der Waals surface area contributed by atoms with Crippen molar-refractivity contribution in [1.29, 1.82) is 0 Å². The molecule has 3 saturated carbocycles. The van der Waals surface area contributed by atoms with Crippen LogP contribution in [0.15, 0.2) is 22.3 Å². The first-order valence-electron chi connectivity index (χ1n) is 7.98. The van der Waals surface area contributed by atoms with E-state index in [0.29, 0.717) is 0 Å². The van der Waals surface area contributed by atoms with Crippen molar-refractivity contribution in [2.24, 2.45) is 35.5 Å². The predicted octanol–water partition coefficient (Wildman–Crippen LogP) is 4.97. The zero-order chi connectivity index (χ0) is 12.6. The van der Waals surface area contributed by atoms with E-state index in [2.05, 4.69) is 27.7 Å². The number of hydrogen-bond donors (Lipinski definition) is 0. The van der Waals surface area contributed by atoms with E-state index < -0.39 is 0 Å². The molecular weight excluding hydrogens is 216 g/mol. The van der Waals surface area contributed by atoms with E-state index in [-0.39, 0.29) is 0 Å². The summed E-state index contributed by atoms with van der Waals surface area (Å²) in [5, 5.41) is 0. The van der Waals surface area contributed by atoms with Gasteiger partial charge in [0.25, 0.3) is 0 Å². The standard InChI is InChI=1S/C18H26/c1-9(2)15-13-8-14(16(15)10(3)4)18-12-6-5-11(7-12)17(13)18/h9,12-15,18H,5-8H2,1-4H3. The molecule has 0 amide bonds. The zero-order valence-corrected chi connectivity index (χ0v) is 12.3. The Morgan fingerprint density at radius 2 is 1.94 bits per heavy atom. The Morgan fingerprint density at radius 3 is 2.61 bits per heavy atom. The van der Waals surface area contributed by atoms with Gasteiger partial charge in [0.1, 0.15) is 0 Å². The maximum absolute atomic E-state index is 2.45. The van der Waals surface area contributed by atoms with Gasteiger partial charge in [-0.15, -0.1) is 0 Å². The summed E-state index contributed by atoms with van der Waals surface area (Å²) in [7, 11) is 0. The molecule has 4 aliphatic rings. The molecule has 4 aliphatic carbocycles. The Labute approximate surface area is 112 Å². The maximum atomic E-state index is 2.45. The van der Waals surface area contributed by atoms with Crippen molar-refractivity contribution in [3.05, 3.63) is 22.3 Å². The Balaban J connectivity index is 1.84. The third kappa shape index (κ3) is 1.18. The molecule has 0 aromatic carbocycles. The lowest BCUT2D eigenvalue weighted by Crippen LogP contribution is -2.29. The molecule has 0 aromatic heterocycles. The fourth-order valence-corrected chi connectivity index (χ4v) is 6.19. The minimum atomic E-state index is 0.832. The van der Waals surface area contributed by atoms with E-state index >= 15 is 0 Å². The molecule has 0 saturated heterocycles. The monoisotopic (exact) mass is 242 g/mol. The quantitative estimate of drug-likeness (QED) is 0.569. The molecular formula is C18H26. The van der Waals surface area contributed by atoms with Crippen LogP contribution in [0, 0.1) is 35.5 Å². The van der Waals surface area contributed by atoms with Gasteiger partial charge in [0, 0.05) is 0 Å². The lowest BCUT2D eigenvalue weighted by atomic mass is 9.66. The number of rotatable bonds is 1. The smallest absolute Gasteiger partial charge is 0.01000 e. The van der Waals surface area contributed by atoms with Gasteiger partial charge in [0.05, 0.1) is 0 Å². The van der Waals surface area contributed by atoms with E-state index in [1.807, 2.05) is 16.7 Å². The van der Waals surface area contributed by atoms with Crippen LogP contribution in [-0.4, -0.2) is 0 Å². The average molecular weight is 242 g/mol. The summed E-state index contributed by atoms with van der Waals surface area (Å²) >= 11 is 0. The van der Waals surface area contributed by atoms with Crippen molar-refractivity contribution in [2.45, 2.75) is 53.4 Å². The van der Waals surface area contributed by atoms with Crippen molar-refractivity contribution in [3.8, 4) is 0 Å². The van der Waals surface area contributed by atoms with Crippen molar-refractivity contribution in [1.82, 2.24) is 0 Å². The van der Waals surface area contributed by atoms with Gasteiger partial charge in [0.15, 0.2) is 0 Å². The van der Waals surface area contributed by atoms with Crippen LogP contribution in [0.3, 0.4) is 0 Å². The SMILES string of the molecule is CC(C)=C1C2CC(C3=C4CCC(C4)C32)C1C(C)C. The lowest BCUT2D eigenvalue weighted by molar-refractivity contribution is 0.292. The summed E-state index contributed by atoms with van der Waals surface area (Å²) < 4.78 is 0. The lowest BCUT2D eigenvalue weighted by Gasteiger charge is -2.38. The van der Waals surface area contributed by atoms with Crippen LogP contribution in [0.4, 0.5) is 0 Å². The summed E-state index contributed by atoms with van der Waals surface area (Å²) in [4.78, 5) is 0. The highest BCUT2D eigenvalue weighted by Gasteiger charge is 2.59. The third-order valence-corrected chi connectivity index (χ3v) is 6.43. The van der Waals surface area contributed by atoms with Gasteiger partial charge >= 0.3 is 0 Å². The summed E-state index contributed by atoms with van der Waals surface area (Å²) in [5.41, 5.74) is 7.43. The second-order valence-corrected chi connectivity index (χ2v) is 7.76. The van der Waals surface area contributed by atoms with Crippen LogP contribution < -0.4 is 0 Å². The summed E-state index contributed by atoms with van der Waals surface area (Å²) in [5.74, 6) is 5.66. The number of hydrogen-bond acceptors (Lipinski definition) is 0. The molecule has 3 fully saturated rings. The summed E-state index contributed by atoms with van der Waals surface area (Å²) in [6.45, 7) is 9.63. The first-order valence-corrected chi connectivity index (χ1v) is 7.98. The second-order valence-electron chi connectivity index (χ2n) is 7.76. The van der Waals surface area contributed by atoms with Crippen molar-refractivity contribution in [3.63, 3.8) is 0 Å². The predicted molar refractivity (Wildman–Crippen MR) is 76.2 cm³/mol. The normalized spacial score (nSPS) is 44.5. The molecule has 0 aliphatic heterocycles. The molecule has 4 rings (SSSR count). The highest BCUT2D eigenvalue weighted by atomic mass is 14.6. The fraction of sp³-hybridized carbons (Fsp3) is 0.778. The zero-order valence-electron chi connectivity index (χ0n) is 12.3.